The molecule has 1 aliphatic rings. The van der Waals surface area contributed by atoms with E-state index in [-0.39, 0.29) is 11.9 Å². The van der Waals surface area contributed by atoms with E-state index in [0.29, 0.717) is 5.92 Å². The Bertz CT molecular complexity index is 439. The van der Waals surface area contributed by atoms with Gasteiger partial charge in [-0.15, -0.1) is 0 Å². The van der Waals surface area contributed by atoms with Gasteiger partial charge in [0.1, 0.15) is 5.82 Å². The van der Waals surface area contributed by atoms with E-state index in [4.69, 9.17) is 5.73 Å². The van der Waals surface area contributed by atoms with Gasteiger partial charge in [-0.25, -0.2) is 4.39 Å². The fraction of sp³-hybridized carbons (Fsp3) is 0.647. The first-order valence-electron chi connectivity index (χ1n) is 7.67. The van der Waals surface area contributed by atoms with Crippen molar-refractivity contribution in [2.24, 2.45) is 23.5 Å². The Balaban J connectivity index is 1.92. The van der Waals surface area contributed by atoms with Gasteiger partial charge < -0.3 is 5.73 Å². The Morgan fingerprint density at radius 1 is 1.20 bits per heavy atom. The van der Waals surface area contributed by atoms with Crippen LogP contribution in [-0.4, -0.2) is 6.04 Å². The molecule has 1 nitrogen and oxygen atoms in total. The van der Waals surface area contributed by atoms with E-state index in [1.54, 1.807) is 12.1 Å². The fourth-order valence-corrected chi connectivity index (χ4v) is 3.77. The fourth-order valence-electron chi connectivity index (χ4n) is 3.36. The predicted octanol–water partition coefficient (Wildman–Crippen LogP) is 4.92. The number of nitrogens with two attached hydrogens (primary N) is 1. The molecule has 112 valence electrons. The van der Waals surface area contributed by atoms with Crippen LogP contribution in [0.3, 0.4) is 0 Å². The second-order valence-corrected chi connectivity index (χ2v) is 7.38. The average molecular weight is 342 g/mol. The van der Waals surface area contributed by atoms with Crippen LogP contribution in [0, 0.1) is 23.6 Å². The minimum atomic E-state index is -0.182. The Hall–Kier alpha value is -0.410. The van der Waals surface area contributed by atoms with Crippen LogP contribution in [0.4, 0.5) is 4.39 Å². The summed E-state index contributed by atoms with van der Waals surface area (Å²) in [6.07, 6.45) is 5.78. The van der Waals surface area contributed by atoms with Crippen molar-refractivity contribution in [1.82, 2.24) is 0 Å². The van der Waals surface area contributed by atoms with E-state index < -0.39 is 0 Å². The van der Waals surface area contributed by atoms with E-state index in [1.807, 2.05) is 0 Å². The molecule has 0 amide bonds. The second-order valence-electron chi connectivity index (χ2n) is 6.52. The third kappa shape index (κ3) is 4.05. The van der Waals surface area contributed by atoms with Crippen LogP contribution in [0.1, 0.15) is 45.1 Å². The summed E-state index contributed by atoms with van der Waals surface area (Å²) >= 11 is 3.49. The average Bonchev–Trinajstić information content (AvgIpc) is 2.43. The largest absolute Gasteiger partial charge is 0.327 e. The van der Waals surface area contributed by atoms with Gasteiger partial charge in [-0.05, 0) is 73.6 Å². The highest BCUT2D eigenvalue weighted by Gasteiger charge is 2.27. The van der Waals surface area contributed by atoms with Gasteiger partial charge in [0.05, 0.1) is 0 Å². The van der Waals surface area contributed by atoms with Crippen LogP contribution in [0.5, 0.6) is 0 Å². The lowest BCUT2D eigenvalue weighted by Gasteiger charge is -2.34. The van der Waals surface area contributed by atoms with Crippen molar-refractivity contribution < 1.29 is 4.39 Å². The molecule has 1 fully saturated rings. The maximum Gasteiger partial charge on any atom is 0.123 e. The molecule has 1 aliphatic carbocycles. The standard InChI is InChI=1S/C17H25BrFN/c1-11(2)12-3-5-13(6-4-12)17(20)10-14-9-15(19)7-8-16(14)18/h7-9,11-13,17H,3-6,10,20H2,1-2H3. The summed E-state index contributed by atoms with van der Waals surface area (Å²) in [5.74, 6) is 2.04. The molecule has 1 atom stereocenters. The van der Waals surface area contributed by atoms with E-state index >= 15 is 0 Å². The van der Waals surface area contributed by atoms with Crippen LogP contribution >= 0.6 is 15.9 Å². The highest BCUT2D eigenvalue weighted by molar-refractivity contribution is 9.10. The first-order chi connectivity index (χ1) is 9.47. The third-order valence-corrected chi connectivity index (χ3v) is 5.60. The lowest BCUT2D eigenvalue weighted by Crippen LogP contribution is -2.35. The Kier molecular flexibility index (Phi) is 5.62. The first-order valence-corrected chi connectivity index (χ1v) is 8.46. The summed E-state index contributed by atoms with van der Waals surface area (Å²) in [5.41, 5.74) is 7.37. The molecule has 0 saturated heterocycles. The van der Waals surface area contributed by atoms with Crippen molar-refractivity contribution in [3.63, 3.8) is 0 Å². The van der Waals surface area contributed by atoms with Crippen molar-refractivity contribution in [3.05, 3.63) is 34.1 Å². The summed E-state index contributed by atoms with van der Waals surface area (Å²) < 4.78 is 14.3. The predicted molar refractivity (Wildman–Crippen MR) is 86.1 cm³/mol. The Labute approximate surface area is 130 Å². The number of benzene rings is 1. The molecule has 0 heterocycles. The molecule has 2 N–H and O–H groups in total. The zero-order valence-corrected chi connectivity index (χ0v) is 14.0. The van der Waals surface area contributed by atoms with Gasteiger partial charge in [0.15, 0.2) is 0 Å². The molecule has 0 bridgehead atoms. The van der Waals surface area contributed by atoms with Gasteiger partial charge in [-0.2, -0.15) is 0 Å². The quantitative estimate of drug-likeness (QED) is 0.826. The zero-order chi connectivity index (χ0) is 14.7. The van der Waals surface area contributed by atoms with E-state index in [2.05, 4.69) is 29.8 Å². The topological polar surface area (TPSA) is 26.0 Å². The molecule has 20 heavy (non-hydrogen) atoms. The van der Waals surface area contributed by atoms with Crippen molar-refractivity contribution in [2.75, 3.05) is 0 Å². The maximum absolute atomic E-state index is 13.3. The summed E-state index contributed by atoms with van der Waals surface area (Å²) in [6, 6.07) is 4.99. The molecule has 1 aromatic rings. The highest BCUT2D eigenvalue weighted by Crippen LogP contribution is 2.35. The normalized spacial score (nSPS) is 24.9. The molecule has 0 aliphatic heterocycles. The summed E-state index contributed by atoms with van der Waals surface area (Å²) in [4.78, 5) is 0. The lowest BCUT2D eigenvalue weighted by molar-refractivity contribution is 0.202. The van der Waals surface area contributed by atoms with Gasteiger partial charge in [-0.1, -0.05) is 29.8 Å². The van der Waals surface area contributed by atoms with Crippen LogP contribution in [0.2, 0.25) is 0 Å². The van der Waals surface area contributed by atoms with Gasteiger partial charge >= 0.3 is 0 Å². The molecular formula is C17H25BrFN. The van der Waals surface area contributed by atoms with Crippen LogP contribution < -0.4 is 5.73 Å². The van der Waals surface area contributed by atoms with Crippen molar-refractivity contribution in [1.29, 1.82) is 0 Å². The van der Waals surface area contributed by atoms with Gasteiger partial charge in [-0.3, -0.25) is 0 Å². The van der Waals surface area contributed by atoms with Crippen molar-refractivity contribution >= 4 is 15.9 Å². The zero-order valence-electron chi connectivity index (χ0n) is 12.4. The molecule has 2 rings (SSSR count). The molecule has 3 heteroatoms. The molecule has 0 spiro atoms. The van der Waals surface area contributed by atoms with E-state index in [0.717, 1.165) is 28.3 Å². The van der Waals surface area contributed by atoms with Crippen LogP contribution in [-0.2, 0) is 6.42 Å². The SMILES string of the molecule is CC(C)C1CCC(C(N)Cc2cc(F)ccc2Br)CC1. The van der Waals surface area contributed by atoms with Gasteiger partial charge in [0, 0.05) is 10.5 Å². The first kappa shape index (κ1) is 16.0. The van der Waals surface area contributed by atoms with Crippen molar-refractivity contribution in [3.8, 4) is 0 Å². The molecular weight excluding hydrogens is 317 g/mol. The summed E-state index contributed by atoms with van der Waals surface area (Å²) in [7, 11) is 0. The molecule has 1 saturated carbocycles. The molecule has 1 aromatic carbocycles. The summed E-state index contributed by atoms with van der Waals surface area (Å²) in [5, 5.41) is 0. The maximum atomic E-state index is 13.3. The smallest absolute Gasteiger partial charge is 0.123 e. The van der Waals surface area contributed by atoms with Crippen molar-refractivity contribution in [2.45, 2.75) is 52.0 Å². The van der Waals surface area contributed by atoms with Gasteiger partial charge in [0.2, 0.25) is 0 Å². The Morgan fingerprint density at radius 2 is 1.80 bits per heavy atom. The van der Waals surface area contributed by atoms with E-state index in [1.165, 1.54) is 31.7 Å². The number of halogens is 2. The van der Waals surface area contributed by atoms with E-state index in [9.17, 15) is 4.39 Å². The highest BCUT2D eigenvalue weighted by atomic mass is 79.9. The number of hydrogen-bond acceptors (Lipinski definition) is 1. The Morgan fingerprint density at radius 3 is 2.40 bits per heavy atom. The monoisotopic (exact) mass is 341 g/mol. The minimum absolute atomic E-state index is 0.140. The molecule has 0 radical (unpaired) electrons. The third-order valence-electron chi connectivity index (χ3n) is 4.83. The number of rotatable bonds is 4. The van der Waals surface area contributed by atoms with Crippen LogP contribution in [0.15, 0.2) is 22.7 Å². The lowest BCUT2D eigenvalue weighted by atomic mass is 9.74. The molecule has 1 unspecified atom stereocenters. The second kappa shape index (κ2) is 7.04. The number of hydrogen-bond donors (Lipinski definition) is 1. The minimum Gasteiger partial charge on any atom is -0.327 e. The van der Waals surface area contributed by atoms with Crippen LogP contribution in [0.25, 0.3) is 0 Å². The summed E-state index contributed by atoms with van der Waals surface area (Å²) in [6.45, 7) is 4.63. The van der Waals surface area contributed by atoms with Gasteiger partial charge in [0.25, 0.3) is 0 Å². The molecule has 0 aromatic heterocycles.